The van der Waals surface area contributed by atoms with E-state index in [9.17, 15) is 0 Å². The zero-order valence-electron chi connectivity index (χ0n) is 9.10. The molecule has 0 aromatic rings. The molecule has 1 aliphatic rings. The molecule has 74 valence electrons. The van der Waals surface area contributed by atoms with E-state index in [2.05, 4.69) is 27.7 Å². The van der Waals surface area contributed by atoms with Gasteiger partial charge in [0.15, 0.2) is 0 Å². The van der Waals surface area contributed by atoms with Crippen LogP contribution in [0.15, 0.2) is 0 Å². The van der Waals surface area contributed by atoms with E-state index in [1.54, 1.807) is 11.5 Å². The van der Waals surface area contributed by atoms with Gasteiger partial charge in [0.1, 0.15) is 0 Å². The number of hydrogen-bond acceptors (Lipinski definition) is 0. The molecular weight excluding hydrogens is 164 g/mol. The molecule has 0 aliphatic carbocycles. The van der Waals surface area contributed by atoms with E-state index < -0.39 is 0 Å². The van der Waals surface area contributed by atoms with Crippen LogP contribution in [0.5, 0.6) is 0 Å². The van der Waals surface area contributed by atoms with Crippen molar-refractivity contribution < 1.29 is 0 Å². The monoisotopic (exact) mass is 188 g/mol. The van der Waals surface area contributed by atoms with Crippen LogP contribution >= 0.6 is 10.0 Å². The van der Waals surface area contributed by atoms with Gasteiger partial charge >= 0.3 is 0 Å². The van der Waals surface area contributed by atoms with Crippen molar-refractivity contribution in [3.8, 4) is 0 Å². The molecule has 1 rings (SSSR count). The molecule has 0 nitrogen and oxygen atoms in total. The molecule has 0 radical (unpaired) electrons. The zero-order valence-corrected chi connectivity index (χ0v) is 9.91. The molecule has 1 saturated heterocycles. The Balaban J connectivity index is 2.58. The van der Waals surface area contributed by atoms with Crippen LogP contribution in [0, 0.1) is 11.8 Å². The Morgan fingerprint density at radius 1 is 1.08 bits per heavy atom. The van der Waals surface area contributed by atoms with Crippen LogP contribution in [0.1, 0.15) is 34.1 Å². The highest BCUT2D eigenvalue weighted by Crippen LogP contribution is 2.57. The Bertz CT molecular complexity index is 132. The van der Waals surface area contributed by atoms with Crippen LogP contribution in [0.25, 0.3) is 0 Å². The van der Waals surface area contributed by atoms with E-state index in [0.29, 0.717) is 0 Å². The molecule has 0 saturated carbocycles. The van der Waals surface area contributed by atoms with E-state index >= 15 is 0 Å². The van der Waals surface area contributed by atoms with Gasteiger partial charge in [0.05, 0.1) is 0 Å². The lowest BCUT2D eigenvalue weighted by atomic mass is 10.0. The molecule has 2 unspecified atom stereocenters. The van der Waals surface area contributed by atoms with Gasteiger partial charge in [-0.15, -0.1) is 0 Å². The summed E-state index contributed by atoms with van der Waals surface area (Å²) in [5, 5.41) is 0. The third kappa shape index (κ3) is 1.99. The van der Waals surface area contributed by atoms with E-state index in [0.717, 1.165) is 11.8 Å². The second kappa shape index (κ2) is 4.04. The fraction of sp³-hybridized carbons (Fsp3) is 1.00. The first-order valence-corrected chi connectivity index (χ1v) is 7.68. The summed E-state index contributed by atoms with van der Waals surface area (Å²) in [6, 6.07) is 0. The summed E-state index contributed by atoms with van der Waals surface area (Å²) in [6.07, 6.45) is 1.41. The normalized spacial score (nSPS) is 47.3. The van der Waals surface area contributed by atoms with E-state index in [-0.39, 0.29) is 10.0 Å². The maximum atomic E-state index is 2.45. The van der Waals surface area contributed by atoms with Crippen molar-refractivity contribution in [1.29, 1.82) is 0 Å². The van der Waals surface area contributed by atoms with Crippen molar-refractivity contribution in [2.45, 2.75) is 34.1 Å². The minimum Gasteiger partial charge on any atom is -0.241 e. The molecule has 0 amide bonds. The predicted molar refractivity (Wildman–Crippen MR) is 61.4 cm³/mol. The van der Waals surface area contributed by atoms with Crippen molar-refractivity contribution in [3.63, 3.8) is 0 Å². The first kappa shape index (κ1) is 10.4. The van der Waals surface area contributed by atoms with Gasteiger partial charge in [0.2, 0.25) is 0 Å². The minimum absolute atomic E-state index is 0.148. The fourth-order valence-corrected chi connectivity index (χ4v) is 7.47. The summed E-state index contributed by atoms with van der Waals surface area (Å²) in [7, 11) is -0.148. The average Bonchev–Trinajstić information content (AvgIpc) is 2.30. The Kier molecular flexibility index (Phi) is 3.51. The third-order valence-electron chi connectivity index (χ3n) is 3.45. The first-order chi connectivity index (χ1) is 5.63. The summed E-state index contributed by atoms with van der Waals surface area (Å²) in [5.74, 6) is 8.17. The molecule has 0 aromatic carbocycles. The Hall–Kier alpha value is 0.350. The lowest BCUT2D eigenvalue weighted by Crippen LogP contribution is -2.10. The summed E-state index contributed by atoms with van der Waals surface area (Å²) in [4.78, 5) is 0. The molecule has 0 aromatic heterocycles. The maximum absolute atomic E-state index is 2.45. The Morgan fingerprint density at radius 2 is 1.58 bits per heavy atom. The van der Waals surface area contributed by atoms with Crippen molar-refractivity contribution in [3.05, 3.63) is 0 Å². The van der Waals surface area contributed by atoms with Crippen LogP contribution in [0.3, 0.4) is 0 Å². The van der Waals surface area contributed by atoms with Crippen LogP contribution in [-0.4, -0.2) is 23.0 Å². The molecule has 1 fully saturated rings. The lowest BCUT2D eigenvalue weighted by molar-refractivity contribution is 0.494. The van der Waals surface area contributed by atoms with Crippen molar-refractivity contribution in [1.82, 2.24) is 0 Å². The molecule has 1 heteroatoms. The number of rotatable bonds is 3. The molecule has 0 spiro atoms. The second-order valence-electron chi connectivity index (χ2n) is 4.51. The second-order valence-corrected chi connectivity index (χ2v) is 8.61. The van der Waals surface area contributed by atoms with Gasteiger partial charge in [-0.25, -0.2) is 10.0 Å². The van der Waals surface area contributed by atoms with Crippen molar-refractivity contribution >= 4 is 10.0 Å². The summed E-state index contributed by atoms with van der Waals surface area (Å²) in [6.45, 7) is 9.66. The highest BCUT2D eigenvalue weighted by Gasteiger charge is 2.34. The predicted octanol–water partition coefficient (Wildman–Crippen LogP) is 3.51. The van der Waals surface area contributed by atoms with Crippen LogP contribution < -0.4 is 0 Å². The van der Waals surface area contributed by atoms with Crippen LogP contribution in [0.2, 0.25) is 0 Å². The molecule has 1 heterocycles. The van der Waals surface area contributed by atoms with Gasteiger partial charge < -0.3 is 0 Å². The lowest BCUT2D eigenvalue weighted by Gasteiger charge is -2.34. The Labute approximate surface area is 79.4 Å². The quantitative estimate of drug-likeness (QED) is 0.636. The van der Waals surface area contributed by atoms with Crippen LogP contribution in [-0.2, 0) is 0 Å². The minimum atomic E-state index is -0.148. The Morgan fingerprint density at radius 3 is 1.92 bits per heavy atom. The molecule has 2 atom stereocenters. The van der Waals surface area contributed by atoms with Gasteiger partial charge in [-0.2, -0.15) is 0 Å². The highest BCUT2D eigenvalue weighted by molar-refractivity contribution is 8.33. The molecule has 0 bridgehead atoms. The summed E-state index contributed by atoms with van der Waals surface area (Å²) >= 11 is 0. The van der Waals surface area contributed by atoms with Crippen LogP contribution in [0.4, 0.5) is 0 Å². The van der Waals surface area contributed by atoms with Crippen molar-refractivity contribution in [2.75, 3.05) is 23.0 Å². The third-order valence-corrected chi connectivity index (χ3v) is 8.42. The van der Waals surface area contributed by atoms with E-state index in [1.165, 1.54) is 17.9 Å². The van der Waals surface area contributed by atoms with Gasteiger partial charge in [0, 0.05) is 0 Å². The highest BCUT2D eigenvalue weighted by atomic mass is 32.3. The maximum Gasteiger partial charge on any atom is -0.0199 e. The summed E-state index contributed by atoms with van der Waals surface area (Å²) in [5.41, 5.74) is 0. The number of hydrogen-bond donors (Lipinski definition) is 0. The fourth-order valence-electron chi connectivity index (χ4n) is 2.49. The SMILES string of the molecule is CCCS1(CC)CC(C)C(C)C1. The van der Waals surface area contributed by atoms with Gasteiger partial charge in [0.25, 0.3) is 0 Å². The average molecular weight is 188 g/mol. The first-order valence-electron chi connectivity index (χ1n) is 5.37. The molecule has 1 aliphatic heterocycles. The molecule has 0 N–H and O–H groups in total. The standard InChI is InChI=1S/C11H24S/c1-5-7-12(6-2)8-10(3)11(4)9-12/h10-11H,5-9H2,1-4H3. The molecule has 12 heavy (non-hydrogen) atoms. The van der Waals surface area contributed by atoms with Gasteiger partial charge in [-0.3, -0.25) is 0 Å². The molecular formula is C11H24S. The summed E-state index contributed by atoms with van der Waals surface area (Å²) < 4.78 is 0. The van der Waals surface area contributed by atoms with E-state index in [4.69, 9.17) is 0 Å². The zero-order chi connectivity index (χ0) is 9.19. The largest absolute Gasteiger partial charge is 0.241 e. The smallest absolute Gasteiger partial charge is 0.0199 e. The van der Waals surface area contributed by atoms with Gasteiger partial charge in [-0.05, 0) is 41.3 Å². The van der Waals surface area contributed by atoms with E-state index in [1.807, 2.05) is 0 Å². The van der Waals surface area contributed by atoms with Gasteiger partial charge in [-0.1, -0.05) is 27.7 Å². The topological polar surface area (TPSA) is 0 Å². The van der Waals surface area contributed by atoms with Crippen molar-refractivity contribution in [2.24, 2.45) is 11.8 Å².